The molecular weight excluding hydrogens is 242 g/mol. The molecule has 0 aliphatic rings. The van der Waals surface area contributed by atoms with E-state index < -0.39 is 5.91 Å². The summed E-state index contributed by atoms with van der Waals surface area (Å²) in [6.45, 7) is 2.54. The van der Waals surface area contributed by atoms with Crippen molar-refractivity contribution in [3.8, 4) is 6.07 Å². The summed E-state index contributed by atoms with van der Waals surface area (Å²) in [5.41, 5.74) is 1.74. The van der Waals surface area contributed by atoms with Crippen molar-refractivity contribution >= 4 is 11.6 Å². The molecule has 1 rings (SSSR count). The second-order valence-electron chi connectivity index (χ2n) is 4.02. The van der Waals surface area contributed by atoms with Gasteiger partial charge in [0, 0.05) is 25.0 Å². The normalized spacial score (nSPS) is 10.7. The molecule has 19 heavy (non-hydrogen) atoms. The lowest BCUT2D eigenvalue weighted by atomic mass is 10.2. The first-order chi connectivity index (χ1) is 9.17. The van der Waals surface area contributed by atoms with Crippen molar-refractivity contribution in [1.29, 1.82) is 5.26 Å². The summed E-state index contributed by atoms with van der Waals surface area (Å²) in [4.78, 5) is 11.8. The highest BCUT2D eigenvalue weighted by Crippen LogP contribution is 2.09. The van der Waals surface area contributed by atoms with Gasteiger partial charge in [-0.1, -0.05) is 17.7 Å². The lowest BCUT2D eigenvalue weighted by Crippen LogP contribution is -2.17. The van der Waals surface area contributed by atoms with E-state index in [4.69, 9.17) is 10.4 Å². The molecule has 0 spiro atoms. The number of hydrogen-bond donors (Lipinski definition) is 3. The van der Waals surface area contributed by atoms with Crippen LogP contribution in [0.3, 0.4) is 0 Å². The lowest BCUT2D eigenvalue weighted by Gasteiger charge is -2.05. The molecule has 0 aliphatic heterocycles. The number of amides is 1. The Bertz CT molecular complexity index is 486. The molecule has 0 aromatic heterocycles. The number of carbonyl (C=O) groups excluding carboxylic acids is 1. The van der Waals surface area contributed by atoms with Gasteiger partial charge in [0.2, 0.25) is 0 Å². The molecule has 0 saturated carbocycles. The molecule has 5 heteroatoms. The van der Waals surface area contributed by atoms with Gasteiger partial charge in [-0.05, 0) is 25.5 Å². The van der Waals surface area contributed by atoms with Gasteiger partial charge >= 0.3 is 0 Å². The van der Waals surface area contributed by atoms with Gasteiger partial charge in [-0.25, -0.2) is 0 Å². The van der Waals surface area contributed by atoms with Crippen molar-refractivity contribution in [3.05, 3.63) is 41.6 Å². The first-order valence-electron chi connectivity index (χ1n) is 6.00. The fourth-order valence-corrected chi connectivity index (χ4v) is 1.34. The van der Waals surface area contributed by atoms with Crippen molar-refractivity contribution in [2.24, 2.45) is 0 Å². The van der Waals surface area contributed by atoms with Crippen molar-refractivity contribution in [3.63, 3.8) is 0 Å². The van der Waals surface area contributed by atoms with Gasteiger partial charge in [-0.3, -0.25) is 4.79 Å². The van der Waals surface area contributed by atoms with E-state index in [0.29, 0.717) is 18.7 Å². The van der Waals surface area contributed by atoms with Crippen LogP contribution in [0.2, 0.25) is 0 Å². The van der Waals surface area contributed by atoms with E-state index in [1.807, 2.05) is 25.1 Å². The summed E-state index contributed by atoms with van der Waals surface area (Å²) in [6, 6.07) is 9.15. The maximum absolute atomic E-state index is 11.8. The molecule has 100 valence electrons. The van der Waals surface area contributed by atoms with E-state index >= 15 is 0 Å². The minimum absolute atomic E-state index is 0.00138. The summed E-state index contributed by atoms with van der Waals surface area (Å²) in [6.07, 6.45) is 1.92. The van der Waals surface area contributed by atoms with Crippen LogP contribution in [0.15, 0.2) is 36.0 Å². The predicted octanol–water partition coefficient (Wildman–Crippen LogP) is 1.31. The van der Waals surface area contributed by atoms with Crippen molar-refractivity contribution in [2.45, 2.75) is 13.3 Å². The smallest absolute Gasteiger partial charge is 0.267 e. The topological polar surface area (TPSA) is 85.2 Å². The fourth-order valence-electron chi connectivity index (χ4n) is 1.34. The SMILES string of the molecule is Cc1ccc(NC(=O)/C(C#N)=C\NCCCO)cc1. The highest BCUT2D eigenvalue weighted by Gasteiger charge is 2.08. The average molecular weight is 259 g/mol. The van der Waals surface area contributed by atoms with Crippen molar-refractivity contribution in [2.75, 3.05) is 18.5 Å². The Morgan fingerprint density at radius 1 is 1.42 bits per heavy atom. The van der Waals surface area contributed by atoms with Gasteiger partial charge in [0.25, 0.3) is 5.91 Å². The van der Waals surface area contributed by atoms with Crippen LogP contribution >= 0.6 is 0 Å². The summed E-state index contributed by atoms with van der Waals surface area (Å²) in [5.74, 6) is -0.456. The summed E-state index contributed by atoms with van der Waals surface area (Å²) >= 11 is 0. The second-order valence-corrected chi connectivity index (χ2v) is 4.02. The van der Waals surface area contributed by atoms with E-state index in [-0.39, 0.29) is 12.2 Å². The molecule has 1 amide bonds. The van der Waals surface area contributed by atoms with Crippen molar-refractivity contribution < 1.29 is 9.90 Å². The zero-order valence-corrected chi connectivity index (χ0v) is 10.8. The number of anilines is 1. The molecule has 1 aromatic rings. The molecule has 0 fully saturated rings. The van der Waals surface area contributed by atoms with E-state index in [1.54, 1.807) is 12.1 Å². The first kappa shape index (κ1) is 14.7. The van der Waals surface area contributed by atoms with E-state index in [9.17, 15) is 4.79 Å². The Morgan fingerprint density at radius 2 is 2.11 bits per heavy atom. The number of aliphatic hydroxyl groups is 1. The van der Waals surface area contributed by atoms with Crippen LogP contribution in [0.5, 0.6) is 0 Å². The van der Waals surface area contributed by atoms with Crippen molar-refractivity contribution in [1.82, 2.24) is 5.32 Å². The molecule has 0 bridgehead atoms. The van der Waals surface area contributed by atoms with Gasteiger partial charge in [-0.15, -0.1) is 0 Å². The number of benzene rings is 1. The standard InChI is InChI=1S/C14H17N3O2/c1-11-3-5-13(6-4-11)17-14(19)12(9-15)10-16-7-2-8-18/h3-6,10,16,18H,2,7-8H2,1H3,(H,17,19)/b12-10-. The zero-order chi connectivity index (χ0) is 14.1. The Labute approximate surface area is 112 Å². The molecule has 0 heterocycles. The molecule has 0 aliphatic carbocycles. The second kappa shape index (κ2) is 7.90. The van der Waals surface area contributed by atoms with Crippen LogP contribution in [0.25, 0.3) is 0 Å². The number of hydrogen-bond acceptors (Lipinski definition) is 4. The summed E-state index contributed by atoms with van der Waals surface area (Å²) in [5, 5.41) is 23.0. The van der Waals surface area contributed by atoms with Crippen LogP contribution in [0, 0.1) is 18.3 Å². The fraction of sp³-hybridized carbons (Fsp3) is 0.286. The van der Waals surface area contributed by atoms with Crippen LogP contribution in [-0.2, 0) is 4.79 Å². The van der Waals surface area contributed by atoms with Gasteiger partial charge in [-0.2, -0.15) is 5.26 Å². The maximum atomic E-state index is 11.8. The third-order valence-corrected chi connectivity index (χ3v) is 2.40. The number of rotatable bonds is 6. The number of aliphatic hydroxyl groups excluding tert-OH is 1. The highest BCUT2D eigenvalue weighted by atomic mass is 16.3. The minimum atomic E-state index is -0.456. The van der Waals surface area contributed by atoms with Crippen LogP contribution in [0.1, 0.15) is 12.0 Å². The Balaban J connectivity index is 2.59. The molecule has 5 nitrogen and oxygen atoms in total. The zero-order valence-electron chi connectivity index (χ0n) is 10.8. The molecule has 3 N–H and O–H groups in total. The lowest BCUT2D eigenvalue weighted by molar-refractivity contribution is -0.112. The van der Waals surface area contributed by atoms with E-state index in [1.165, 1.54) is 6.20 Å². The number of nitrogens with one attached hydrogen (secondary N) is 2. The monoisotopic (exact) mass is 259 g/mol. The quantitative estimate of drug-likeness (QED) is 0.408. The van der Waals surface area contributed by atoms with Crippen LogP contribution in [-0.4, -0.2) is 24.2 Å². The van der Waals surface area contributed by atoms with Crippen LogP contribution in [0.4, 0.5) is 5.69 Å². The Morgan fingerprint density at radius 3 is 2.68 bits per heavy atom. The predicted molar refractivity (Wildman–Crippen MR) is 73.2 cm³/mol. The third-order valence-electron chi connectivity index (χ3n) is 2.40. The summed E-state index contributed by atoms with van der Waals surface area (Å²) < 4.78 is 0. The van der Waals surface area contributed by atoms with Gasteiger partial charge < -0.3 is 15.7 Å². The average Bonchev–Trinajstić information content (AvgIpc) is 2.41. The first-order valence-corrected chi connectivity index (χ1v) is 6.00. The molecule has 0 atom stereocenters. The van der Waals surface area contributed by atoms with Crippen LogP contribution < -0.4 is 10.6 Å². The van der Waals surface area contributed by atoms with Gasteiger partial charge in [0.15, 0.2) is 0 Å². The van der Waals surface area contributed by atoms with Gasteiger partial charge in [0.05, 0.1) is 0 Å². The Kier molecular flexibility index (Phi) is 6.13. The largest absolute Gasteiger partial charge is 0.396 e. The molecular formula is C14H17N3O2. The maximum Gasteiger partial charge on any atom is 0.267 e. The number of carbonyl (C=O) groups is 1. The third kappa shape index (κ3) is 5.23. The van der Waals surface area contributed by atoms with E-state index in [0.717, 1.165) is 5.56 Å². The molecule has 0 radical (unpaired) electrons. The molecule has 0 unspecified atom stereocenters. The number of aryl methyl sites for hydroxylation is 1. The van der Waals surface area contributed by atoms with Gasteiger partial charge in [0.1, 0.15) is 11.6 Å². The minimum Gasteiger partial charge on any atom is -0.396 e. The molecule has 1 aromatic carbocycles. The molecule has 0 saturated heterocycles. The summed E-state index contributed by atoms with van der Waals surface area (Å²) in [7, 11) is 0. The number of nitriles is 1. The van der Waals surface area contributed by atoms with E-state index in [2.05, 4.69) is 10.6 Å². The number of nitrogens with zero attached hydrogens (tertiary/aromatic N) is 1. The Hall–Kier alpha value is -2.32. The highest BCUT2D eigenvalue weighted by molar-refractivity contribution is 6.06.